The molecule has 0 spiro atoms. The van der Waals surface area contributed by atoms with Crippen LogP contribution in [0.4, 0.5) is 4.39 Å². The molecule has 2 rings (SSSR count). The highest BCUT2D eigenvalue weighted by molar-refractivity contribution is 6.06. The van der Waals surface area contributed by atoms with E-state index in [9.17, 15) is 9.18 Å². The molecule has 1 unspecified atom stereocenters. The van der Waals surface area contributed by atoms with E-state index in [4.69, 9.17) is 4.74 Å². The standard InChI is InChI=1S/C12H12FNO2/c1-7(2)10-12(15)16-11(14-10)8-5-3-4-6-9(8)13/h3-7,10H,1-2H3. The van der Waals surface area contributed by atoms with Crippen molar-refractivity contribution in [1.29, 1.82) is 0 Å². The third kappa shape index (κ3) is 1.83. The van der Waals surface area contributed by atoms with Crippen LogP contribution in [0.3, 0.4) is 0 Å². The van der Waals surface area contributed by atoms with Crippen LogP contribution in [0.25, 0.3) is 0 Å². The third-order valence-corrected chi connectivity index (χ3v) is 2.43. The predicted octanol–water partition coefficient (Wildman–Crippen LogP) is 2.15. The van der Waals surface area contributed by atoms with Gasteiger partial charge in [0.25, 0.3) is 0 Å². The van der Waals surface area contributed by atoms with Crippen molar-refractivity contribution >= 4 is 11.9 Å². The Balaban J connectivity index is 2.34. The van der Waals surface area contributed by atoms with E-state index in [2.05, 4.69) is 4.99 Å². The third-order valence-electron chi connectivity index (χ3n) is 2.43. The van der Waals surface area contributed by atoms with Crippen LogP contribution in [-0.2, 0) is 9.53 Å². The summed E-state index contributed by atoms with van der Waals surface area (Å²) >= 11 is 0. The lowest BCUT2D eigenvalue weighted by Crippen LogP contribution is -2.20. The van der Waals surface area contributed by atoms with Gasteiger partial charge in [0, 0.05) is 0 Å². The second kappa shape index (κ2) is 4.04. The van der Waals surface area contributed by atoms with Crippen LogP contribution in [0.1, 0.15) is 19.4 Å². The monoisotopic (exact) mass is 221 g/mol. The van der Waals surface area contributed by atoms with Gasteiger partial charge in [0.15, 0.2) is 6.04 Å². The molecule has 0 aliphatic carbocycles. The molecule has 0 N–H and O–H groups in total. The zero-order chi connectivity index (χ0) is 11.7. The minimum Gasteiger partial charge on any atom is -0.405 e. The van der Waals surface area contributed by atoms with E-state index in [1.165, 1.54) is 6.07 Å². The zero-order valence-electron chi connectivity index (χ0n) is 9.11. The van der Waals surface area contributed by atoms with Crippen LogP contribution in [0, 0.1) is 11.7 Å². The average molecular weight is 221 g/mol. The largest absolute Gasteiger partial charge is 0.405 e. The van der Waals surface area contributed by atoms with E-state index in [1.54, 1.807) is 18.2 Å². The van der Waals surface area contributed by atoms with E-state index in [-0.39, 0.29) is 17.4 Å². The first-order valence-electron chi connectivity index (χ1n) is 5.14. The summed E-state index contributed by atoms with van der Waals surface area (Å²) in [6.07, 6.45) is 0. The first-order chi connectivity index (χ1) is 7.59. The molecule has 1 atom stereocenters. The van der Waals surface area contributed by atoms with Crippen LogP contribution < -0.4 is 0 Å². The smallest absolute Gasteiger partial charge is 0.338 e. The second-order valence-electron chi connectivity index (χ2n) is 4.02. The minimum atomic E-state index is -0.519. The summed E-state index contributed by atoms with van der Waals surface area (Å²) in [5.74, 6) is -0.703. The van der Waals surface area contributed by atoms with E-state index in [0.29, 0.717) is 0 Å². The molecule has 16 heavy (non-hydrogen) atoms. The van der Waals surface area contributed by atoms with Gasteiger partial charge >= 0.3 is 5.97 Å². The summed E-state index contributed by atoms with van der Waals surface area (Å²) in [6, 6.07) is 5.60. The first-order valence-corrected chi connectivity index (χ1v) is 5.14. The molecule has 3 nitrogen and oxygen atoms in total. The molecular formula is C12H12FNO2. The number of halogens is 1. The van der Waals surface area contributed by atoms with E-state index >= 15 is 0 Å². The van der Waals surface area contributed by atoms with Crippen molar-refractivity contribution in [3.63, 3.8) is 0 Å². The highest BCUT2D eigenvalue weighted by Gasteiger charge is 2.32. The van der Waals surface area contributed by atoms with Gasteiger partial charge in [-0.1, -0.05) is 26.0 Å². The lowest BCUT2D eigenvalue weighted by molar-refractivity contribution is -0.135. The quantitative estimate of drug-likeness (QED) is 0.718. The lowest BCUT2D eigenvalue weighted by atomic mass is 10.1. The Morgan fingerprint density at radius 3 is 2.62 bits per heavy atom. The molecule has 0 aromatic heterocycles. The van der Waals surface area contributed by atoms with Gasteiger partial charge in [-0.2, -0.15) is 0 Å². The Bertz CT molecular complexity index is 454. The summed E-state index contributed by atoms with van der Waals surface area (Å²) < 4.78 is 18.4. The molecule has 1 aromatic carbocycles. The van der Waals surface area contributed by atoms with Crippen molar-refractivity contribution in [2.24, 2.45) is 10.9 Å². The summed E-state index contributed by atoms with van der Waals surface area (Å²) in [4.78, 5) is 15.6. The average Bonchev–Trinajstić information content (AvgIpc) is 2.61. The lowest BCUT2D eigenvalue weighted by Gasteiger charge is -2.04. The van der Waals surface area contributed by atoms with Crippen molar-refractivity contribution in [1.82, 2.24) is 0 Å². The topological polar surface area (TPSA) is 38.7 Å². The molecule has 0 fully saturated rings. The maximum Gasteiger partial charge on any atom is 0.338 e. The van der Waals surface area contributed by atoms with E-state index < -0.39 is 17.8 Å². The van der Waals surface area contributed by atoms with Gasteiger partial charge in [0.1, 0.15) is 5.82 Å². The van der Waals surface area contributed by atoms with Gasteiger partial charge in [-0.05, 0) is 18.1 Å². The number of benzene rings is 1. The molecule has 0 amide bonds. The Kier molecular flexibility index (Phi) is 2.73. The van der Waals surface area contributed by atoms with Gasteiger partial charge in [-0.25, -0.2) is 14.2 Å². The van der Waals surface area contributed by atoms with Crippen molar-refractivity contribution < 1.29 is 13.9 Å². The molecule has 0 bridgehead atoms. The number of ether oxygens (including phenoxy) is 1. The highest BCUT2D eigenvalue weighted by atomic mass is 19.1. The number of rotatable bonds is 2. The van der Waals surface area contributed by atoms with Crippen molar-refractivity contribution in [2.75, 3.05) is 0 Å². The number of esters is 1. The van der Waals surface area contributed by atoms with E-state index in [1.807, 2.05) is 13.8 Å². The molecular weight excluding hydrogens is 209 g/mol. The SMILES string of the molecule is CC(C)C1N=C(c2ccccc2F)OC1=O. The fourth-order valence-electron chi connectivity index (χ4n) is 1.54. The van der Waals surface area contributed by atoms with Gasteiger partial charge in [-0.3, -0.25) is 0 Å². The van der Waals surface area contributed by atoms with Crippen molar-refractivity contribution in [2.45, 2.75) is 19.9 Å². The molecule has 1 heterocycles. The number of hydrogen-bond donors (Lipinski definition) is 0. The molecule has 0 saturated carbocycles. The number of cyclic esters (lactones) is 1. The number of aliphatic imine (C=N–C) groups is 1. The molecule has 1 aromatic rings. The number of carbonyl (C=O) groups is 1. The Morgan fingerprint density at radius 1 is 1.38 bits per heavy atom. The van der Waals surface area contributed by atoms with Crippen LogP contribution in [-0.4, -0.2) is 17.9 Å². The van der Waals surface area contributed by atoms with Crippen LogP contribution >= 0.6 is 0 Å². The molecule has 1 aliphatic rings. The maximum atomic E-state index is 13.4. The normalized spacial score (nSPS) is 19.9. The molecule has 84 valence electrons. The second-order valence-corrected chi connectivity index (χ2v) is 4.02. The summed E-state index contributed by atoms with van der Waals surface area (Å²) in [7, 11) is 0. The minimum absolute atomic E-state index is 0.0526. The van der Waals surface area contributed by atoms with E-state index in [0.717, 1.165) is 0 Å². The maximum absolute atomic E-state index is 13.4. The fourth-order valence-corrected chi connectivity index (χ4v) is 1.54. The van der Waals surface area contributed by atoms with Gasteiger partial charge in [-0.15, -0.1) is 0 Å². The number of carbonyl (C=O) groups excluding carboxylic acids is 1. The fraction of sp³-hybridized carbons (Fsp3) is 0.333. The summed E-state index contributed by atoms with van der Waals surface area (Å²) in [5, 5.41) is 0. The molecule has 0 saturated heterocycles. The van der Waals surface area contributed by atoms with Crippen LogP contribution in [0.2, 0.25) is 0 Å². The number of hydrogen-bond acceptors (Lipinski definition) is 3. The van der Waals surface area contributed by atoms with Gasteiger partial charge < -0.3 is 4.74 Å². The Morgan fingerprint density at radius 2 is 2.06 bits per heavy atom. The van der Waals surface area contributed by atoms with Crippen molar-refractivity contribution in [3.8, 4) is 0 Å². The highest BCUT2D eigenvalue weighted by Crippen LogP contribution is 2.20. The van der Waals surface area contributed by atoms with Crippen molar-refractivity contribution in [3.05, 3.63) is 35.6 Å². The molecule has 4 heteroatoms. The Labute approximate surface area is 93.0 Å². The van der Waals surface area contributed by atoms with Crippen LogP contribution in [0.15, 0.2) is 29.3 Å². The first kappa shape index (κ1) is 10.8. The summed E-state index contributed by atoms with van der Waals surface area (Å²) in [6.45, 7) is 3.75. The zero-order valence-corrected chi connectivity index (χ0v) is 9.11. The van der Waals surface area contributed by atoms with Gasteiger partial charge in [0.2, 0.25) is 5.90 Å². The van der Waals surface area contributed by atoms with Gasteiger partial charge in [0.05, 0.1) is 5.56 Å². The molecule has 0 radical (unpaired) electrons. The molecule has 1 aliphatic heterocycles. The number of nitrogens with zero attached hydrogens (tertiary/aromatic N) is 1. The Hall–Kier alpha value is -1.71. The predicted molar refractivity (Wildman–Crippen MR) is 57.7 cm³/mol. The summed E-state index contributed by atoms with van der Waals surface area (Å²) in [5.41, 5.74) is 0.235. The van der Waals surface area contributed by atoms with Crippen LogP contribution in [0.5, 0.6) is 0 Å².